The molecule has 20 heavy (non-hydrogen) atoms. The highest BCUT2D eigenvalue weighted by Crippen LogP contribution is 2.16. The van der Waals surface area contributed by atoms with E-state index in [4.69, 9.17) is 11.6 Å². The van der Waals surface area contributed by atoms with Crippen LogP contribution in [0.4, 0.5) is 0 Å². The van der Waals surface area contributed by atoms with Crippen LogP contribution in [0.3, 0.4) is 0 Å². The molecule has 0 bridgehead atoms. The second kappa shape index (κ2) is 6.31. The Kier molecular flexibility index (Phi) is 4.49. The molecule has 0 fully saturated rings. The first-order valence-corrected chi connectivity index (χ1v) is 6.52. The summed E-state index contributed by atoms with van der Waals surface area (Å²) in [6.45, 7) is 3.72. The molecule has 0 aliphatic heterocycles. The number of halogens is 1. The number of rotatable bonds is 5. The average molecular weight is 285 g/mol. The van der Waals surface area contributed by atoms with E-state index in [1.165, 1.54) is 0 Å². The van der Waals surface area contributed by atoms with E-state index in [9.17, 15) is 9.59 Å². The molecule has 0 N–H and O–H groups in total. The number of Topliss-reactive ketones (excluding diaryl/α,β-unsaturated/α-hetero) is 2. The van der Waals surface area contributed by atoms with Gasteiger partial charge in [0.1, 0.15) is 0 Å². The lowest BCUT2D eigenvalue weighted by Gasteiger charge is -2.05. The van der Waals surface area contributed by atoms with Crippen LogP contribution in [0.2, 0.25) is 5.02 Å². The van der Waals surface area contributed by atoms with Gasteiger partial charge in [0.05, 0.1) is 0 Å². The minimum Gasteiger partial charge on any atom is -0.294 e. The fraction of sp³-hybridized carbons (Fsp3) is 0.0588. The molecule has 2 aromatic rings. The highest BCUT2D eigenvalue weighted by molar-refractivity contribution is 6.30. The molecule has 0 saturated heterocycles. The molecule has 2 nitrogen and oxygen atoms in total. The van der Waals surface area contributed by atoms with Crippen LogP contribution < -0.4 is 0 Å². The molecule has 0 saturated carbocycles. The summed E-state index contributed by atoms with van der Waals surface area (Å²) in [6.07, 6.45) is 0.0193. The topological polar surface area (TPSA) is 34.1 Å². The molecule has 2 rings (SSSR count). The van der Waals surface area contributed by atoms with E-state index >= 15 is 0 Å². The fourth-order valence-electron chi connectivity index (χ4n) is 1.81. The van der Waals surface area contributed by atoms with Crippen molar-refractivity contribution in [3.05, 3.63) is 82.9 Å². The molecule has 0 aliphatic rings. The second-order valence-electron chi connectivity index (χ2n) is 4.41. The van der Waals surface area contributed by atoms with Gasteiger partial charge in [-0.3, -0.25) is 9.59 Å². The first kappa shape index (κ1) is 14.2. The van der Waals surface area contributed by atoms with E-state index < -0.39 is 0 Å². The van der Waals surface area contributed by atoms with E-state index in [-0.39, 0.29) is 23.6 Å². The van der Waals surface area contributed by atoms with Gasteiger partial charge in [-0.2, -0.15) is 0 Å². The molecule has 0 amide bonds. The van der Waals surface area contributed by atoms with Crippen molar-refractivity contribution in [2.75, 3.05) is 0 Å². The molecule has 2 aromatic carbocycles. The lowest BCUT2D eigenvalue weighted by atomic mass is 9.98. The van der Waals surface area contributed by atoms with E-state index in [1.807, 2.05) is 6.07 Å². The van der Waals surface area contributed by atoms with Crippen LogP contribution in [0, 0.1) is 0 Å². The average Bonchev–Trinajstić information content (AvgIpc) is 2.48. The number of hydrogen-bond acceptors (Lipinski definition) is 2. The third-order valence-electron chi connectivity index (χ3n) is 2.90. The number of allylic oxidation sites excluding steroid dienone is 1. The van der Waals surface area contributed by atoms with Gasteiger partial charge in [-0.05, 0) is 24.3 Å². The third kappa shape index (κ3) is 3.43. The fourth-order valence-corrected chi connectivity index (χ4v) is 1.93. The van der Waals surface area contributed by atoms with Gasteiger partial charge in [0.25, 0.3) is 0 Å². The maximum atomic E-state index is 12.1. The number of hydrogen-bond donors (Lipinski definition) is 0. The van der Waals surface area contributed by atoms with Gasteiger partial charge in [0.15, 0.2) is 11.6 Å². The minimum absolute atomic E-state index is 0.0193. The summed E-state index contributed by atoms with van der Waals surface area (Å²) in [4.78, 5) is 24.1. The Morgan fingerprint density at radius 2 is 1.50 bits per heavy atom. The summed E-state index contributed by atoms with van der Waals surface area (Å²) in [6, 6.07) is 15.4. The SMILES string of the molecule is C=C(CC(=O)c1ccccc1)C(=O)c1ccc(Cl)cc1. The highest BCUT2D eigenvalue weighted by Gasteiger charge is 2.14. The quantitative estimate of drug-likeness (QED) is 0.604. The predicted molar refractivity (Wildman–Crippen MR) is 80.3 cm³/mol. The number of carbonyl (C=O) groups excluding carboxylic acids is 2. The largest absolute Gasteiger partial charge is 0.294 e. The van der Waals surface area contributed by atoms with Crippen molar-refractivity contribution in [1.82, 2.24) is 0 Å². The van der Waals surface area contributed by atoms with Crippen molar-refractivity contribution in [2.45, 2.75) is 6.42 Å². The van der Waals surface area contributed by atoms with Crippen molar-refractivity contribution < 1.29 is 9.59 Å². The number of ketones is 2. The van der Waals surface area contributed by atoms with Gasteiger partial charge in [0.2, 0.25) is 0 Å². The van der Waals surface area contributed by atoms with Crippen LogP contribution in [0.1, 0.15) is 27.1 Å². The van der Waals surface area contributed by atoms with Crippen molar-refractivity contribution in [3.63, 3.8) is 0 Å². The monoisotopic (exact) mass is 284 g/mol. The molecule has 0 spiro atoms. The van der Waals surface area contributed by atoms with Crippen LogP contribution in [0.15, 0.2) is 66.7 Å². The molecule has 0 aliphatic carbocycles. The van der Waals surface area contributed by atoms with Gasteiger partial charge in [0, 0.05) is 28.1 Å². The van der Waals surface area contributed by atoms with E-state index in [0.29, 0.717) is 16.1 Å². The number of carbonyl (C=O) groups is 2. The maximum Gasteiger partial charge on any atom is 0.188 e. The Labute approximate surface area is 122 Å². The van der Waals surface area contributed by atoms with Crippen LogP contribution in [-0.4, -0.2) is 11.6 Å². The summed E-state index contributed by atoms with van der Waals surface area (Å²) < 4.78 is 0. The lowest BCUT2D eigenvalue weighted by molar-refractivity contribution is 0.0960. The van der Waals surface area contributed by atoms with E-state index in [0.717, 1.165) is 0 Å². The standard InChI is InChI=1S/C17H13ClO2/c1-12(11-16(19)13-5-3-2-4-6-13)17(20)14-7-9-15(18)10-8-14/h2-10H,1,11H2. The molecule has 0 unspecified atom stereocenters. The third-order valence-corrected chi connectivity index (χ3v) is 3.15. The van der Waals surface area contributed by atoms with Crippen molar-refractivity contribution >= 4 is 23.2 Å². The summed E-state index contributed by atoms with van der Waals surface area (Å²) in [5, 5.41) is 0.563. The Bertz CT molecular complexity index is 642. The Morgan fingerprint density at radius 1 is 0.900 bits per heavy atom. The highest BCUT2D eigenvalue weighted by atomic mass is 35.5. The number of benzene rings is 2. The molecular weight excluding hydrogens is 272 g/mol. The molecule has 3 heteroatoms. The summed E-state index contributed by atoms with van der Waals surface area (Å²) in [5.74, 6) is -0.344. The first-order valence-electron chi connectivity index (χ1n) is 6.14. The minimum atomic E-state index is -0.231. The molecule has 0 radical (unpaired) electrons. The Morgan fingerprint density at radius 3 is 2.10 bits per heavy atom. The van der Waals surface area contributed by atoms with Crippen LogP contribution >= 0.6 is 11.6 Å². The zero-order chi connectivity index (χ0) is 14.5. The van der Waals surface area contributed by atoms with E-state index in [1.54, 1.807) is 48.5 Å². The molecule has 0 aromatic heterocycles. The smallest absolute Gasteiger partial charge is 0.188 e. The second-order valence-corrected chi connectivity index (χ2v) is 4.84. The van der Waals surface area contributed by atoms with Crippen LogP contribution in [0.25, 0.3) is 0 Å². The summed E-state index contributed by atoms with van der Waals surface area (Å²) >= 11 is 5.77. The van der Waals surface area contributed by atoms with Crippen molar-refractivity contribution in [3.8, 4) is 0 Å². The van der Waals surface area contributed by atoms with Crippen LogP contribution in [-0.2, 0) is 0 Å². The molecule has 100 valence electrons. The Balaban J connectivity index is 2.07. The Hall–Kier alpha value is -2.19. The van der Waals surface area contributed by atoms with Crippen molar-refractivity contribution in [1.29, 1.82) is 0 Å². The van der Waals surface area contributed by atoms with Gasteiger partial charge in [-0.25, -0.2) is 0 Å². The summed E-state index contributed by atoms with van der Waals surface area (Å²) in [5.41, 5.74) is 1.35. The summed E-state index contributed by atoms with van der Waals surface area (Å²) in [7, 11) is 0. The molecular formula is C17H13ClO2. The zero-order valence-corrected chi connectivity index (χ0v) is 11.6. The first-order chi connectivity index (χ1) is 9.58. The van der Waals surface area contributed by atoms with Crippen LogP contribution in [0.5, 0.6) is 0 Å². The zero-order valence-electron chi connectivity index (χ0n) is 10.8. The van der Waals surface area contributed by atoms with Gasteiger partial charge < -0.3 is 0 Å². The predicted octanol–water partition coefficient (Wildman–Crippen LogP) is 4.35. The molecule has 0 atom stereocenters. The van der Waals surface area contributed by atoms with Gasteiger partial charge in [-0.1, -0.05) is 48.5 Å². The normalized spacial score (nSPS) is 10.1. The van der Waals surface area contributed by atoms with E-state index in [2.05, 4.69) is 6.58 Å². The maximum absolute atomic E-state index is 12.1. The molecule has 0 heterocycles. The van der Waals surface area contributed by atoms with Gasteiger partial charge >= 0.3 is 0 Å². The van der Waals surface area contributed by atoms with Gasteiger partial charge in [-0.15, -0.1) is 0 Å². The lowest BCUT2D eigenvalue weighted by Crippen LogP contribution is -2.08. The van der Waals surface area contributed by atoms with Crippen molar-refractivity contribution in [2.24, 2.45) is 0 Å².